The summed E-state index contributed by atoms with van der Waals surface area (Å²) in [4.78, 5) is 39.7. The van der Waals surface area contributed by atoms with Crippen molar-refractivity contribution in [3.8, 4) is 0 Å². The van der Waals surface area contributed by atoms with E-state index in [0.29, 0.717) is 34.4 Å². The van der Waals surface area contributed by atoms with Gasteiger partial charge < -0.3 is 9.64 Å². The predicted octanol–water partition coefficient (Wildman–Crippen LogP) is 9.86. The SMILES string of the molecule is CCOC(=O)CC(/C(C)=C/C(=C(\C=C(C)C)N(C)C(=O)C(C)(C)c1cc(C(F)(F)F)cc(C(F)(F)F)c1)c1ccc(F)cc1C)C(C)(C)[N+](=O)[O-]. The standard InChI is InChI=1S/C37H43F7N2O5/c1-11-51-32(47)20-30(35(8,9)46(49)50)23(5)16-29(28-13-12-27(38)15-22(28)4)31(14-21(2)3)45(10)33(48)34(6,7)24-17-25(36(39,40)41)19-26(18-24)37(42,43)44/h12-19,30H,11,20H2,1-10H3/b23-16+,31-29-. The van der Waals surface area contributed by atoms with Crippen molar-refractivity contribution in [1.29, 1.82) is 0 Å². The number of hydrogen-bond acceptors (Lipinski definition) is 5. The Morgan fingerprint density at radius 3 is 1.84 bits per heavy atom. The van der Waals surface area contributed by atoms with Crippen LogP contribution >= 0.6 is 0 Å². The molecule has 7 nitrogen and oxygen atoms in total. The molecule has 1 amide bonds. The Morgan fingerprint density at radius 1 is 0.902 bits per heavy atom. The Hall–Kier alpha value is -4.49. The van der Waals surface area contributed by atoms with E-state index in [0.717, 1.165) is 11.0 Å². The molecule has 2 rings (SSSR count). The van der Waals surface area contributed by atoms with Crippen molar-refractivity contribution in [2.24, 2.45) is 5.92 Å². The third-order valence-corrected chi connectivity index (χ3v) is 8.61. The molecular formula is C37H43F7N2O5. The number of aryl methyl sites for hydroxylation is 1. The van der Waals surface area contributed by atoms with Crippen molar-refractivity contribution in [1.82, 2.24) is 4.90 Å². The molecule has 0 radical (unpaired) electrons. The van der Waals surface area contributed by atoms with Gasteiger partial charge in [-0.25, -0.2) is 4.39 Å². The highest BCUT2D eigenvalue weighted by atomic mass is 19.4. The van der Waals surface area contributed by atoms with Gasteiger partial charge in [-0.2, -0.15) is 26.3 Å². The van der Waals surface area contributed by atoms with Crippen molar-refractivity contribution in [3.05, 3.63) is 109 Å². The topological polar surface area (TPSA) is 89.8 Å². The predicted molar refractivity (Wildman–Crippen MR) is 179 cm³/mol. The van der Waals surface area contributed by atoms with Gasteiger partial charge >= 0.3 is 18.3 Å². The van der Waals surface area contributed by atoms with E-state index in [1.54, 1.807) is 40.7 Å². The van der Waals surface area contributed by atoms with Crippen LogP contribution in [0.2, 0.25) is 0 Å². The summed E-state index contributed by atoms with van der Waals surface area (Å²) in [5.41, 5.74) is -5.46. The number of alkyl halides is 6. The highest BCUT2D eigenvalue weighted by Crippen LogP contribution is 2.41. The zero-order valence-corrected chi connectivity index (χ0v) is 30.2. The van der Waals surface area contributed by atoms with E-state index in [2.05, 4.69) is 0 Å². The molecule has 0 spiro atoms. The number of nitrogens with zero attached hydrogens (tertiary/aromatic N) is 2. The van der Waals surface area contributed by atoms with Crippen LogP contribution in [0.5, 0.6) is 0 Å². The Balaban J connectivity index is 3.05. The molecule has 0 aliphatic carbocycles. The smallest absolute Gasteiger partial charge is 0.416 e. The molecule has 1 atom stereocenters. The first kappa shape index (κ1) is 42.7. The minimum absolute atomic E-state index is 0.0234. The molecule has 14 heteroatoms. The number of halogens is 7. The van der Waals surface area contributed by atoms with Gasteiger partial charge in [0.1, 0.15) is 5.82 Å². The first-order chi connectivity index (χ1) is 23.2. The maximum absolute atomic E-state index is 14.3. The van der Waals surface area contributed by atoms with E-state index >= 15 is 0 Å². The molecule has 0 aliphatic rings. The second-order valence-corrected chi connectivity index (χ2v) is 13.6. The molecule has 0 N–H and O–H groups in total. The number of likely N-dealkylation sites (N-methyl/N-ethyl adjacent to an activating group) is 1. The molecule has 1 unspecified atom stereocenters. The van der Waals surface area contributed by atoms with Crippen LogP contribution in [0, 0.1) is 28.8 Å². The van der Waals surface area contributed by atoms with Crippen molar-refractivity contribution >= 4 is 17.4 Å². The lowest BCUT2D eigenvalue weighted by Gasteiger charge is -2.33. The Labute approximate surface area is 293 Å². The average molecular weight is 729 g/mol. The van der Waals surface area contributed by atoms with Gasteiger partial charge in [-0.05, 0) is 102 Å². The summed E-state index contributed by atoms with van der Waals surface area (Å²) in [5.74, 6) is -3.25. The van der Waals surface area contributed by atoms with Crippen LogP contribution in [-0.4, -0.2) is 40.9 Å². The number of benzene rings is 2. The first-order valence-electron chi connectivity index (χ1n) is 15.9. The van der Waals surface area contributed by atoms with Crippen molar-refractivity contribution in [2.45, 2.75) is 92.0 Å². The molecule has 51 heavy (non-hydrogen) atoms. The van der Waals surface area contributed by atoms with Crippen LogP contribution in [0.25, 0.3) is 5.57 Å². The van der Waals surface area contributed by atoms with Gasteiger partial charge in [-0.3, -0.25) is 19.7 Å². The Kier molecular flexibility index (Phi) is 13.2. The van der Waals surface area contributed by atoms with Crippen LogP contribution in [0.3, 0.4) is 0 Å². The zero-order valence-electron chi connectivity index (χ0n) is 30.2. The number of hydrogen-bond donors (Lipinski definition) is 0. The van der Waals surface area contributed by atoms with Gasteiger partial charge in [-0.15, -0.1) is 0 Å². The van der Waals surface area contributed by atoms with Crippen LogP contribution < -0.4 is 0 Å². The van der Waals surface area contributed by atoms with Gasteiger partial charge in [0.15, 0.2) is 0 Å². The minimum Gasteiger partial charge on any atom is -0.466 e. The number of nitro groups is 1. The fraction of sp³-hybridized carbons (Fsp3) is 0.459. The number of rotatable bonds is 12. The Morgan fingerprint density at radius 2 is 1.41 bits per heavy atom. The number of esters is 1. The van der Waals surface area contributed by atoms with E-state index in [9.17, 15) is 50.4 Å². The summed E-state index contributed by atoms with van der Waals surface area (Å²) in [7, 11) is 1.29. The lowest BCUT2D eigenvalue weighted by molar-refractivity contribution is -0.569. The highest BCUT2D eigenvalue weighted by molar-refractivity contribution is 5.92. The molecule has 280 valence electrons. The summed E-state index contributed by atoms with van der Waals surface area (Å²) >= 11 is 0. The van der Waals surface area contributed by atoms with E-state index in [1.807, 2.05) is 0 Å². The van der Waals surface area contributed by atoms with Gasteiger partial charge in [0.05, 0.1) is 41.2 Å². The monoisotopic (exact) mass is 728 g/mol. The summed E-state index contributed by atoms with van der Waals surface area (Å²) in [5, 5.41) is 12.2. The van der Waals surface area contributed by atoms with Crippen LogP contribution in [0.4, 0.5) is 30.7 Å². The zero-order chi connectivity index (χ0) is 39.4. The molecule has 0 heterocycles. The molecule has 0 aliphatic heterocycles. The van der Waals surface area contributed by atoms with Crippen LogP contribution in [0.15, 0.2) is 65.4 Å². The fourth-order valence-electron chi connectivity index (χ4n) is 5.63. The maximum Gasteiger partial charge on any atom is 0.416 e. The summed E-state index contributed by atoms with van der Waals surface area (Å²) in [6.45, 7) is 13.1. The minimum atomic E-state index is -5.15. The summed E-state index contributed by atoms with van der Waals surface area (Å²) in [6.07, 6.45) is -7.64. The number of ether oxygens (including phenoxy) is 1. The van der Waals surface area contributed by atoms with Crippen LogP contribution in [-0.2, 0) is 32.1 Å². The summed E-state index contributed by atoms with van der Waals surface area (Å²) < 4.78 is 102. The Bertz CT molecular complexity index is 1720. The molecule has 0 aromatic heterocycles. The van der Waals surface area contributed by atoms with Gasteiger partial charge in [0, 0.05) is 31.4 Å². The third-order valence-electron chi connectivity index (χ3n) is 8.61. The lowest BCUT2D eigenvalue weighted by atomic mass is 9.78. The van der Waals surface area contributed by atoms with E-state index in [1.165, 1.54) is 53.0 Å². The highest BCUT2D eigenvalue weighted by Gasteiger charge is 2.44. The molecule has 0 saturated carbocycles. The summed E-state index contributed by atoms with van der Waals surface area (Å²) in [6, 6.07) is 4.75. The average Bonchev–Trinajstić information content (AvgIpc) is 2.99. The maximum atomic E-state index is 14.3. The molecule has 2 aromatic rings. The normalized spacial score (nSPS) is 14.0. The van der Waals surface area contributed by atoms with Crippen molar-refractivity contribution in [3.63, 3.8) is 0 Å². The van der Waals surface area contributed by atoms with E-state index in [-0.39, 0.29) is 23.9 Å². The van der Waals surface area contributed by atoms with E-state index < -0.39 is 75.0 Å². The van der Waals surface area contributed by atoms with Crippen molar-refractivity contribution in [2.75, 3.05) is 13.7 Å². The number of carbonyl (C=O) groups excluding carboxylic acids is 2. The molecule has 2 aromatic carbocycles. The third kappa shape index (κ3) is 10.3. The number of carbonyl (C=O) groups is 2. The second kappa shape index (κ2) is 15.8. The molecule has 0 saturated heterocycles. The van der Waals surface area contributed by atoms with Crippen LogP contribution in [0.1, 0.15) is 89.6 Å². The molecular weight excluding hydrogens is 685 g/mol. The number of allylic oxidation sites excluding steroid dienone is 4. The number of amides is 1. The second-order valence-electron chi connectivity index (χ2n) is 13.6. The van der Waals surface area contributed by atoms with E-state index in [4.69, 9.17) is 4.74 Å². The molecule has 0 bridgehead atoms. The van der Waals surface area contributed by atoms with Gasteiger partial charge in [-0.1, -0.05) is 23.3 Å². The van der Waals surface area contributed by atoms with Gasteiger partial charge in [0.25, 0.3) is 0 Å². The quantitative estimate of drug-likeness (QED) is 0.0714. The fourth-order valence-corrected chi connectivity index (χ4v) is 5.63. The first-order valence-corrected chi connectivity index (χ1v) is 15.9. The molecule has 0 fully saturated rings. The lowest BCUT2D eigenvalue weighted by Crippen LogP contribution is -2.42. The van der Waals surface area contributed by atoms with Crippen molar-refractivity contribution < 1.29 is 50.0 Å². The largest absolute Gasteiger partial charge is 0.466 e. The van der Waals surface area contributed by atoms with Gasteiger partial charge in [0.2, 0.25) is 11.4 Å².